The number of halogens is 8. The Bertz CT molecular complexity index is 2010. The number of alkyl halides is 6. The maximum Gasteiger partial charge on any atom is 0.416 e. The third kappa shape index (κ3) is 16.0. The van der Waals surface area contributed by atoms with Crippen LogP contribution in [0.4, 0.5) is 35.1 Å². The third-order valence-corrected chi connectivity index (χ3v) is 8.52. The van der Waals surface area contributed by atoms with E-state index in [0.29, 0.717) is 28.7 Å². The average Bonchev–Trinajstić information content (AvgIpc) is 3.03. The normalized spacial score (nSPS) is 10.9. The van der Waals surface area contributed by atoms with Crippen LogP contribution in [0, 0.1) is 53.2 Å². The van der Waals surface area contributed by atoms with Gasteiger partial charge >= 0.3 is 12.4 Å². The molecular weight excluding hydrogens is 741 g/mol. The van der Waals surface area contributed by atoms with Crippen molar-refractivity contribution >= 4 is 0 Å². The molecular formula is C49H52F8. The predicted octanol–water partition coefficient (Wildman–Crippen LogP) is 15.3. The van der Waals surface area contributed by atoms with Gasteiger partial charge in [-0.15, -0.1) is 0 Å². The highest BCUT2D eigenvalue weighted by Crippen LogP contribution is 2.33. The Morgan fingerprint density at radius 3 is 0.912 bits per heavy atom. The predicted molar refractivity (Wildman–Crippen MR) is 219 cm³/mol. The van der Waals surface area contributed by atoms with Crippen LogP contribution in [0.2, 0.25) is 0 Å². The van der Waals surface area contributed by atoms with E-state index in [4.69, 9.17) is 0 Å². The van der Waals surface area contributed by atoms with E-state index in [1.807, 2.05) is 26.0 Å². The molecule has 0 unspecified atom stereocenters. The number of rotatable bonds is 6. The molecule has 6 aromatic carbocycles. The fourth-order valence-corrected chi connectivity index (χ4v) is 6.44. The Morgan fingerprint density at radius 1 is 0.333 bits per heavy atom. The van der Waals surface area contributed by atoms with Gasteiger partial charge in [-0.2, -0.15) is 26.3 Å². The van der Waals surface area contributed by atoms with Gasteiger partial charge in [0.15, 0.2) is 0 Å². The second-order valence-corrected chi connectivity index (χ2v) is 14.2. The maximum atomic E-state index is 13.2. The first-order valence-corrected chi connectivity index (χ1v) is 17.7. The van der Waals surface area contributed by atoms with Crippen LogP contribution in [0.5, 0.6) is 0 Å². The summed E-state index contributed by atoms with van der Waals surface area (Å²) in [5, 5.41) is 0. The Morgan fingerprint density at radius 2 is 0.614 bits per heavy atom. The van der Waals surface area contributed by atoms with E-state index < -0.39 is 23.5 Å². The minimum atomic E-state index is -4.48. The first-order chi connectivity index (χ1) is 25.7. The summed E-state index contributed by atoms with van der Waals surface area (Å²) in [7, 11) is 0. The zero-order valence-electron chi connectivity index (χ0n) is 31.7. The summed E-state index contributed by atoms with van der Waals surface area (Å²) in [6.45, 7) is 11.0. The molecule has 6 aromatic rings. The molecule has 57 heavy (non-hydrogen) atoms. The van der Waals surface area contributed by atoms with E-state index in [1.54, 1.807) is 12.1 Å². The van der Waals surface area contributed by atoms with Crippen molar-refractivity contribution in [1.82, 2.24) is 0 Å². The molecule has 8 heteroatoms. The number of benzene rings is 6. The Balaban J connectivity index is 0.000000297. The molecule has 0 aliphatic heterocycles. The van der Waals surface area contributed by atoms with Crippen molar-refractivity contribution in [2.75, 3.05) is 0 Å². The fourth-order valence-electron chi connectivity index (χ4n) is 6.44. The van der Waals surface area contributed by atoms with Crippen molar-refractivity contribution in [3.63, 3.8) is 0 Å². The van der Waals surface area contributed by atoms with Gasteiger partial charge in [-0.1, -0.05) is 110 Å². The molecule has 0 bridgehead atoms. The Hall–Kier alpha value is -5.24. The number of aryl methyl sites for hydroxylation is 6. The third-order valence-electron chi connectivity index (χ3n) is 8.52. The van der Waals surface area contributed by atoms with E-state index in [2.05, 4.69) is 62.4 Å². The zero-order valence-corrected chi connectivity index (χ0v) is 31.7. The van der Waals surface area contributed by atoms with Crippen LogP contribution in [0.1, 0.15) is 92.7 Å². The zero-order chi connectivity index (χ0) is 40.5. The van der Waals surface area contributed by atoms with Gasteiger partial charge < -0.3 is 0 Å². The fraction of sp³-hybridized carbons (Fsp3) is 0.265. The van der Waals surface area contributed by atoms with Crippen molar-refractivity contribution in [3.05, 3.63) is 211 Å². The summed E-state index contributed by atoms with van der Waals surface area (Å²) in [5.74, 6) is -0.485. The minimum absolute atomic E-state index is 0. The van der Waals surface area contributed by atoms with Gasteiger partial charge in [-0.05, 0) is 154 Å². The van der Waals surface area contributed by atoms with Crippen molar-refractivity contribution < 1.29 is 35.1 Å². The molecule has 0 nitrogen and oxygen atoms in total. The Kier molecular flexibility index (Phi) is 17.5. The number of hydrogen-bond donors (Lipinski definition) is 0. The van der Waals surface area contributed by atoms with Crippen LogP contribution in [-0.4, -0.2) is 0 Å². The smallest absolute Gasteiger partial charge is 0.207 e. The summed E-state index contributed by atoms with van der Waals surface area (Å²) >= 11 is 0. The van der Waals surface area contributed by atoms with Gasteiger partial charge in [0.05, 0.1) is 11.1 Å². The SMILES string of the molecule is C.C.Cc1cc(Cc2cc(C)cc(C(F)(F)F)c2)cc(C(F)(F)F)c1.Cc1cc(F)cc(Cc2cc(C)cc(F)c2)c1.Cc1cccc(Cc2cccc(C)c2)c1. The molecule has 0 radical (unpaired) electrons. The van der Waals surface area contributed by atoms with Gasteiger partial charge in [0.25, 0.3) is 0 Å². The molecule has 304 valence electrons. The molecule has 0 saturated carbocycles. The average molecular weight is 793 g/mol. The van der Waals surface area contributed by atoms with Crippen molar-refractivity contribution in [2.45, 2.75) is 88.0 Å². The molecule has 0 heterocycles. The lowest BCUT2D eigenvalue weighted by molar-refractivity contribution is -0.138. The lowest BCUT2D eigenvalue weighted by Gasteiger charge is -2.13. The van der Waals surface area contributed by atoms with E-state index in [-0.39, 0.29) is 32.9 Å². The van der Waals surface area contributed by atoms with Gasteiger partial charge in [-0.3, -0.25) is 0 Å². The van der Waals surface area contributed by atoms with Crippen LogP contribution in [-0.2, 0) is 31.6 Å². The highest BCUT2D eigenvalue weighted by molar-refractivity contribution is 5.38. The van der Waals surface area contributed by atoms with Crippen LogP contribution in [0.15, 0.2) is 121 Å². The topological polar surface area (TPSA) is 0 Å². The standard InChI is InChI=1S/C17H14F6.C15H14F2.C15H16.2CH4/c1-10-3-12(8-14(5-10)16(18,19)20)7-13-4-11(2)6-15(9-13)17(21,22)23;1-10-3-12(8-14(16)5-10)7-13-4-11(2)6-15(17)9-13;1-12-5-3-7-14(9-12)11-15-8-4-6-13(2)10-15;;/h3-6,8-9H,7H2,1-2H3;3-6,8-9H,7H2,1-2H3;3-10H,11H2,1-2H3;2*1H4. The molecule has 0 amide bonds. The number of hydrogen-bond acceptors (Lipinski definition) is 0. The van der Waals surface area contributed by atoms with Crippen molar-refractivity contribution in [3.8, 4) is 0 Å². The molecule has 0 aliphatic rings. The molecule has 0 aliphatic carbocycles. The summed E-state index contributed by atoms with van der Waals surface area (Å²) in [4.78, 5) is 0. The minimum Gasteiger partial charge on any atom is -0.207 e. The van der Waals surface area contributed by atoms with Gasteiger partial charge in [0.2, 0.25) is 0 Å². The van der Waals surface area contributed by atoms with E-state index in [1.165, 1.54) is 60.4 Å². The second kappa shape index (κ2) is 20.8. The lowest BCUT2D eigenvalue weighted by atomic mass is 9.97. The highest BCUT2D eigenvalue weighted by atomic mass is 19.4. The van der Waals surface area contributed by atoms with Gasteiger partial charge in [0.1, 0.15) is 11.6 Å². The van der Waals surface area contributed by atoms with Crippen molar-refractivity contribution in [2.24, 2.45) is 0 Å². The van der Waals surface area contributed by atoms with Crippen LogP contribution < -0.4 is 0 Å². The van der Waals surface area contributed by atoms with Crippen molar-refractivity contribution in [1.29, 1.82) is 0 Å². The first kappa shape index (κ1) is 47.9. The molecule has 0 N–H and O–H groups in total. The first-order valence-electron chi connectivity index (χ1n) is 17.7. The highest BCUT2D eigenvalue weighted by Gasteiger charge is 2.32. The van der Waals surface area contributed by atoms with Crippen LogP contribution in [0.25, 0.3) is 0 Å². The van der Waals surface area contributed by atoms with Crippen LogP contribution >= 0.6 is 0 Å². The van der Waals surface area contributed by atoms with E-state index >= 15 is 0 Å². The van der Waals surface area contributed by atoms with Gasteiger partial charge in [0, 0.05) is 0 Å². The molecule has 0 atom stereocenters. The maximum absolute atomic E-state index is 13.2. The largest absolute Gasteiger partial charge is 0.416 e. The van der Waals surface area contributed by atoms with E-state index in [0.717, 1.165) is 52.9 Å². The Labute approximate surface area is 333 Å². The summed E-state index contributed by atoms with van der Waals surface area (Å²) in [6.07, 6.45) is -7.37. The summed E-state index contributed by atoms with van der Waals surface area (Å²) in [5.41, 5.74) is 8.85. The van der Waals surface area contributed by atoms with Gasteiger partial charge in [-0.25, -0.2) is 8.78 Å². The van der Waals surface area contributed by atoms with Crippen LogP contribution in [0.3, 0.4) is 0 Å². The summed E-state index contributed by atoms with van der Waals surface area (Å²) in [6, 6.07) is 34.3. The molecule has 0 spiro atoms. The summed E-state index contributed by atoms with van der Waals surface area (Å²) < 4.78 is 103. The quantitative estimate of drug-likeness (QED) is 0.147. The molecule has 6 rings (SSSR count). The lowest BCUT2D eigenvalue weighted by Crippen LogP contribution is -2.08. The molecule has 0 saturated heterocycles. The second-order valence-electron chi connectivity index (χ2n) is 14.2. The molecule has 0 aromatic heterocycles. The van der Waals surface area contributed by atoms with E-state index in [9.17, 15) is 35.1 Å². The monoisotopic (exact) mass is 792 g/mol. The molecule has 0 fully saturated rings.